The Balaban J connectivity index is 1.21. The maximum Gasteiger partial charge on any atom is 0.251 e. The van der Waals surface area contributed by atoms with E-state index in [2.05, 4.69) is 34.6 Å². The van der Waals surface area contributed by atoms with Crippen LogP contribution < -0.4 is 10.6 Å². The van der Waals surface area contributed by atoms with E-state index in [-0.39, 0.29) is 17.7 Å². The fourth-order valence-corrected chi connectivity index (χ4v) is 8.07. The van der Waals surface area contributed by atoms with Crippen LogP contribution in [0.2, 0.25) is 0 Å². The second-order valence-electron chi connectivity index (χ2n) is 12.1. The summed E-state index contributed by atoms with van der Waals surface area (Å²) in [6.07, 6.45) is 10.6. The monoisotopic (exact) mass is 465 g/mol. The first-order chi connectivity index (χ1) is 16.4. The van der Waals surface area contributed by atoms with Gasteiger partial charge in [0.1, 0.15) is 6.04 Å². The molecule has 34 heavy (non-hydrogen) atoms. The van der Waals surface area contributed by atoms with Gasteiger partial charge in [0, 0.05) is 18.2 Å². The molecule has 0 spiro atoms. The standard InChI is InChI=1S/C29H43N3O2/c1-4-32-11-5-6-25(32)18-30-28(34)26(19(2)3)31-27(33)23-7-9-24(10-8-23)29-15-20-12-21(16-29)14-22(13-20)17-29/h7-10,19-22,25-26H,4-6,11-18H2,1-3H3,(H,30,34)(H,31,33)/t20?,21?,22?,25-,26-,29?/m1/s1. The number of carbonyl (C=O) groups excluding carboxylic acids is 2. The maximum absolute atomic E-state index is 13.1. The van der Waals surface area contributed by atoms with E-state index in [0.29, 0.717) is 23.6 Å². The molecule has 4 bridgehead atoms. The Kier molecular flexibility index (Phi) is 6.76. The van der Waals surface area contributed by atoms with Gasteiger partial charge in [-0.05, 0) is 111 Å². The van der Waals surface area contributed by atoms with Gasteiger partial charge in [-0.25, -0.2) is 0 Å². The van der Waals surface area contributed by atoms with E-state index in [1.807, 2.05) is 26.0 Å². The topological polar surface area (TPSA) is 61.4 Å². The molecule has 6 rings (SSSR count). The molecule has 5 nitrogen and oxygen atoms in total. The van der Waals surface area contributed by atoms with Crippen molar-refractivity contribution in [3.05, 3.63) is 35.4 Å². The Morgan fingerprint density at radius 3 is 2.21 bits per heavy atom. The highest BCUT2D eigenvalue weighted by Crippen LogP contribution is 2.60. The summed E-state index contributed by atoms with van der Waals surface area (Å²) in [4.78, 5) is 28.5. The van der Waals surface area contributed by atoms with Crippen LogP contribution in [0, 0.1) is 23.7 Å². The average molecular weight is 466 g/mol. The molecule has 4 saturated carbocycles. The van der Waals surface area contributed by atoms with Crippen molar-refractivity contribution in [2.45, 2.75) is 89.6 Å². The zero-order chi connectivity index (χ0) is 23.9. The smallest absolute Gasteiger partial charge is 0.251 e. The molecule has 1 aromatic rings. The number of amides is 2. The van der Waals surface area contributed by atoms with Crippen LogP contribution in [-0.2, 0) is 10.2 Å². The zero-order valence-electron chi connectivity index (χ0n) is 21.3. The molecule has 5 heteroatoms. The van der Waals surface area contributed by atoms with Crippen molar-refractivity contribution >= 4 is 11.8 Å². The number of nitrogens with one attached hydrogen (secondary N) is 2. The van der Waals surface area contributed by atoms with E-state index in [9.17, 15) is 9.59 Å². The van der Waals surface area contributed by atoms with E-state index in [1.54, 1.807) is 0 Å². The molecule has 2 atom stereocenters. The lowest BCUT2D eigenvalue weighted by atomic mass is 9.48. The van der Waals surface area contributed by atoms with Crippen molar-refractivity contribution < 1.29 is 9.59 Å². The van der Waals surface area contributed by atoms with Gasteiger partial charge < -0.3 is 10.6 Å². The van der Waals surface area contributed by atoms with E-state index in [4.69, 9.17) is 0 Å². The molecular formula is C29H43N3O2. The fourth-order valence-electron chi connectivity index (χ4n) is 8.07. The molecule has 4 aliphatic carbocycles. The molecule has 0 unspecified atom stereocenters. The van der Waals surface area contributed by atoms with Gasteiger partial charge in [-0.15, -0.1) is 0 Å². The van der Waals surface area contributed by atoms with Crippen LogP contribution in [0.5, 0.6) is 0 Å². The van der Waals surface area contributed by atoms with Crippen LogP contribution in [0.25, 0.3) is 0 Å². The summed E-state index contributed by atoms with van der Waals surface area (Å²) in [6.45, 7) is 8.95. The van der Waals surface area contributed by atoms with Gasteiger partial charge in [0.05, 0.1) is 0 Å². The van der Waals surface area contributed by atoms with Crippen molar-refractivity contribution in [1.29, 1.82) is 0 Å². The number of carbonyl (C=O) groups is 2. The molecule has 2 N–H and O–H groups in total. The van der Waals surface area contributed by atoms with Crippen LogP contribution in [0.15, 0.2) is 24.3 Å². The van der Waals surface area contributed by atoms with Gasteiger partial charge in [0.15, 0.2) is 0 Å². The highest BCUT2D eigenvalue weighted by atomic mass is 16.2. The quantitative estimate of drug-likeness (QED) is 0.594. The summed E-state index contributed by atoms with van der Waals surface area (Å²) in [7, 11) is 0. The SMILES string of the molecule is CCN1CCC[C@@H]1CNC(=O)[C@H](NC(=O)c1ccc(C23CC4CC(CC(C4)C2)C3)cc1)C(C)C. The predicted octanol–water partition coefficient (Wildman–Crippen LogP) is 4.51. The Hall–Kier alpha value is -1.88. The maximum atomic E-state index is 13.1. The van der Waals surface area contributed by atoms with Crippen molar-refractivity contribution in [2.24, 2.45) is 23.7 Å². The third kappa shape index (κ3) is 4.65. The third-order valence-corrected chi connectivity index (χ3v) is 9.45. The fraction of sp³-hybridized carbons (Fsp3) is 0.724. The number of likely N-dealkylation sites (tertiary alicyclic amines) is 1. The average Bonchev–Trinajstić information content (AvgIpc) is 3.27. The second kappa shape index (κ2) is 9.64. The summed E-state index contributed by atoms with van der Waals surface area (Å²) in [5.74, 6) is 2.54. The normalized spacial score (nSPS) is 33.3. The Morgan fingerprint density at radius 2 is 1.65 bits per heavy atom. The lowest BCUT2D eigenvalue weighted by Gasteiger charge is -2.57. The van der Waals surface area contributed by atoms with Crippen LogP contribution in [0.4, 0.5) is 0 Å². The molecule has 0 aromatic heterocycles. The minimum Gasteiger partial charge on any atom is -0.353 e. The number of hydrogen-bond donors (Lipinski definition) is 2. The largest absolute Gasteiger partial charge is 0.353 e. The van der Waals surface area contributed by atoms with Gasteiger partial charge >= 0.3 is 0 Å². The highest BCUT2D eigenvalue weighted by molar-refractivity contribution is 5.97. The summed E-state index contributed by atoms with van der Waals surface area (Å²) < 4.78 is 0. The van der Waals surface area contributed by atoms with E-state index in [1.165, 1.54) is 50.5 Å². The first-order valence-corrected chi connectivity index (χ1v) is 13.8. The van der Waals surface area contributed by atoms with Crippen molar-refractivity contribution in [3.63, 3.8) is 0 Å². The summed E-state index contributed by atoms with van der Waals surface area (Å²) in [6, 6.07) is 8.26. The highest BCUT2D eigenvalue weighted by Gasteiger charge is 2.51. The first kappa shape index (κ1) is 23.8. The van der Waals surface area contributed by atoms with Crippen LogP contribution in [0.1, 0.15) is 88.1 Å². The van der Waals surface area contributed by atoms with E-state index >= 15 is 0 Å². The number of hydrogen-bond acceptors (Lipinski definition) is 3. The molecule has 5 aliphatic rings. The molecular weight excluding hydrogens is 422 g/mol. The van der Waals surface area contributed by atoms with Gasteiger partial charge in [-0.3, -0.25) is 14.5 Å². The summed E-state index contributed by atoms with van der Waals surface area (Å²) in [5, 5.41) is 6.14. The molecule has 1 aromatic carbocycles. The van der Waals surface area contributed by atoms with Crippen LogP contribution in [0.3, 0.4) is 0 Å². The van der Waals surface area contributed by atoms with Gasteiger partial charge in [-0.2, -0.15) is 0 Å². The van der Waals surface area contributed by atoms with E-state index in [0.717, 1.165) is 37.3 Å². The summed E-state index contributed by atoms with van der Waals surface area (Å²) in [5.41, 5.74) is 2.43. The Bertz CT molecular complexity index is 858. The number of benzene rings is 1. The summed E-state index contributed by atoms with van der Waals surface area (Å²) >= 11 is 0. The number of likely N-dealkylation sites (N-methyl/N-ethyl adjacent to an activating group) is 1. The molecule has 1 aliphatic heterocycles. The van der Waals surface area contributed by atoms with Crippen LogP contribution >= 0.6 is 0 Å². The van der Waals surface area contributed by atoms with Gasteiger partial charge in [0.25, 0.3) is 5.91 Å². The molecule has 1 heterocycles. The van der Waals surface area contributed by atoms with Crippen LogP contribution in [-0.4, -0.2) is 48.4 Å². The number of rotatable bonds is 8. The van der Waals surface area contributed by atoms with Crippen molar-refractivity contribution in [1.82, 2.24) is 15.5 Å². The van der Waals surface area contributed by atoms with E-state index < -0.39 is 6.04 Å². The predicted molar refractivity (Wildman–Crippen MR) is 136 cm³/mol. The second-order valence-corrected chi connectivity index (χ2v) is 12.1. The molecule has 186 valence electrons. The lowest BCUT2D eigenvalue weighted by Crippen LogP contribution is -2.52. The van der Waals surface area contributed by atoms with Crippen molar-refractivity contribution in [3.8, 4) is 0 Å². The lowest BCUT2D eigenvalue weighted by molar-refractivity contribution is -0.124. The first-order valence-electron chi connectivity index (χ1n) is 13.8. The zero-order valence-corrected chi connectivity index (χ0v) is 21.3. The van der Waals surface area contributed by atoms with Gasteiger partial charge in [-0.1, -0.05) is 32.9 Å². The minimum atomic E-state index is -0.521. The molecule has 1 saturated heterocycles. The number of nitrogens with zero attached hydrogens (tertiary/aromatic N) is 1. The molecule has 2 amide bonds. The Morgan fingerprint density at radius 1 is 1.03 bits per heavy atom. The molecule has 0 radical (unpaired) electrons. The minimum absolute atomic E-state index is 0.0288. The van der Waals surface area contributed by atoms with Gasteiger partial charge in [0.2, 0.25) is 5.91 Å². The molecule has 5 fully saturated rings. The Labute approximate surface area is 205 Å². The van der Waals surface area contributed by atoms with Crippen molar-refractivity contribution in [2.75, 3.05) is 19.6 Å². The third-order valence-electron chi connectivity index (χ3n) is 9.45.